The molecular formula is C26H25NO3. The van der Waals surface area contributed by atoms with Crippen LogP contribution in [0.5, 0.6) is 11.5 Å². The number of amides is 1. The molecule has 0 unspecified atom stereocenters. The molecule has 1 amide bonds. The number of carbonyl (C=O) groups excluding carboxylic acids is 1. The van der Waals surface area contributed by atoms with Crippen LogP contribution in [0.2, 0.25) is 0 Å². The minimum absolute atomic E-state index is 0.132. The lowest BCUT2D eigenvalue weighted by molar-refractivity contribution is -0.128. The van der Waals surface area contributed by atoms with E-state index in [0.29, 0.717) is 19.6 Å². The van der Waals surface area contributed by atoms with Gasteiger partial charge in [-0.1, -0.05) is 79.7 Å². The minimum Gasteiger partial charge on any atom is -0.491 e. The van der Waals surface area contributed by atoms with E-state index in [1.807, 2.05) is 79.7 Å². The van der Waals surface area contributed by atoms with Gasteiger partial charge in [0.05, 0.1) is 6.54 Å². The van der Waals surface area contributed by atoms with Crippen molar-refractivity contribution in [1.29, 1.82) is 0 Å². The first-order valence-electron chi connectivity index (χ1n) is 10.3. The standard InChI is InChI=1S/C26H25NO3/c1-2-23(30-25-16-8-12-20-10-4-6-14-22(20)25)26(28)27-17-18-29-24-15-7-11-19-9-3-5-13-21(19)24/h3-16,23H,2,17-18H2,1H3,(H,27,28)/t23-/m0/s1. The predicted molar refractivity (Wildman–Crippen MR) is 121 cm³/mol. The Labute approximate surface area is 176 Å². The lowest BCUT2D eigenvalue weighted by atomic mass is 10.1. The Morgan fingerprint density at radius 2 is 1.37 bits per heavy atom. The fourth-order valence-corrected chi connectivity index (χ4v) is 3.54. The van der Waals surface area contributed by atoms with Crippen LogP contribution in [0.25, 0.3) is 21.5 Å². The molecule has 4 aromatic rings. The number of nitrogens with one attached hydrogen (secondary N) is 1. The number of benzene rings is 4. The molecule has 4 rings (SSSR count). The molecule has 0 fully saturated rings. The molecule has 0 heterocycles. The lowest BCUT2D eigenvalue weighted by Crippen LogP contribution is -2.39. The topological polar surface area (TPSA) is 47.6 Å². The third kappa shape index (κ3) is 4.38. The number of hydrogen-bond donors (Lipinski definition) is 1. The Morgan fingerprint density at radius 1 is 0.800 bits per heavy atom. The van der Waals surface area contributed by atoms with Crippen LogP contribution in [0.15, 0.2) is 84.9 Å². The quantitative estimate of drug-likeness (QED) is 0.407. The van der Waals surface area contributed by atoms with Crippen molar-refractivity contribution >= 4 is 27.5 Å². The highest BCUT2D eigenvalue weighted by atomic mass is 16.5. The maximum absolute atomic E-state index is 12.6. The molecule has 0 aromatic heterocycles. The molecule has 4 heteroatoms. The molecule has 0 bridgehead atoms. The zero-order valence-electron chi connectivity index (χ0n) is 17.0. The fraction of sp³-hybridized carbons (Fsp3) is 0.192. The van der Waals surface area contributed by atoms with Crippen LogP contribution in [-0.2, 0) is 4.79 Å². The highest BCUT2D eigenvalue weighted by Gasteiger charge is 2.19. The van der Waals surface area contributed by atoms with Gasteiger partial charge in [0, 0.05) is 10.8 Å². The summed E-state index contributed by atoms with van der Waals surface area (Å²) in [6.45, 7) is 2.75. The number of carbonyl (C=O) groups is 1. The van der Waals surface area contributed by atoms with Crippen LogP contribution >= 0.6 is 0 Å². The van der Waals surface area contributed by atoms with Crippen molar-refractivity contribution < 1.29 is 14.3 Å². The molecule has 0 aliphatic carbocycles. The third-order valence-corrected chi connectivity index (χ3v) is 5.09. The van der Waals surface area contributed by atoms with Gasteiger partial charge in [0.2, 0.25) is 0 Å². The fourth-order valence-electron chi connectivity index (χ4n) is 3.54. The number of rotatable bonds is 8. The van der Waals surface area contributed by atoms with Crippen LogP contribution in [0, 0.1) is 0 Å². The average molecular weight is 399 g/mol. The predicted octanol–water partition coefficient (Wildman–Crippen LogP) is 5.35. The smallest absolute Gasteiger partial charge is 0.261 e. The monoisotopic (exact) mass is 399 g/mol. The first kappa shape index (κ1) is 19.8. The molecule has 30 heavy (non-hydrogen) atoms. The van der Waals surface area contributed by atoms with Crippen LogP contribution in [-0.4, -0.2) is 25.2 Å². The first-order valence-corrected chi connectivity index (χ1v) is 10.3. The lowest BCUT2D eigenvalue weighted by Gasteiger charge is -2.18. The Bertz CT molecular complexity index is 1140. The molecular weight excluding hydrogens is 374 g/mol. The summed E-state index contributed by atoms with van der Waals surface area (Å²) in [5.41, 5.74) is 0. The normalized spacial score (nSPS) is 11.9. The van der Waals surface area contributed by atoms with E-state index in [0.717, 1.165) is 33.0 Å². The molecule has 4 aromatic carbocycles. The number of fused-ring (bicyclic) bond motifs is 2. The summed E-state index contributed by atoms with van der Waals surface area (Å²) < 4.78 is 12.0. The highest BCUT2D eigenvalue weighted by Crippen LogP contribution is 2.27. The van der Waals surface area contributed by atoms with E-state index in [1.165, 1.54) is 0 Å². The largest absolute Gasteiger partial charge is 0.491 e. The Balaban J connectivity index is 1.34. The van der Waals surface area contributed by atoms with Crippen molar-refractivity contribution in [2.24, 2.45) is 0 Å². The van der Waals surface area contributed by atoms with Crippen molar-refractivity contribution in [2.45, 2.75) is 19.4 Å². The van der Waals surface area contributed by atoms with E-state index in [2.05, 4.69) is 17.4 Å². The molecule has 0 saturated carbocycles. The summed E-state index contributed by atoms with van der Waals surface area (Å²) >= 11 is 0. The number of ether oxygens (including phenoxy) is 2. The first-order chi connectivity index (χ1) is 14.8. The third-order valence-electron chi connectivity index (χ3n) is 5.09. The SMILES string of the molecule is CC[C@H](Oc1cccc2ccccc12)C(=O)NCCOc1cccc2ccccc12. The van der Waals surface area contributed by atoms with Crippen LogP contribution in [0.3, 0.4) is 0 Å². The summed E-state index contributed by atoms with van der Waals surface area (Å²) in [5, 5.41) is 7.23. The Kier molecular flexibility index (Phi) is 6.14. The highest BCUT2D eigenvalue weighted by molar-refractivity contribution is 5.89. The maximum atomic E-state index is 12.6. The van der Waals surface area contributed by atoms with E-state index >= 15 is 0 Å². The summed E-state index contributed by atoms with van der Waals surface area (Å²) in [7, 11) is 0. The minimum atomic E-state index is -0.548. The summed E-state index contributed by atoms with van der Waals surface area (Å²) in [4.78, 5) is 12.6. The van der Waals surface area contributed by atoms with Gasteiger partial charge in [-0.3, -0.25) is 4.79 Å². The second-order valence-electron chi connectivity index (χ2n) is 7.11. The zero-order valence-corrected chi connectivity index (χ0v) is 17.0. The van der Waals surface area contributed by atoms with Crippen LogP contribution in [0.1, 0.15) is 13.3 Å². The van der Waals surface area contributed by atoms with Gasteiger partial charge in [-0.2, -0.15) is 0 Å². The van der Waals surface area contributed by atoms with Crippen molar-refractivity contribution in [3.63, 3.8) is 0 Å². The summed E-state index contributed by atoms with van der Waals surface area (Å²) in [6.07, 6.45) is 0.0348. The van der Waals surface area contributed by atoms with E-state index < -0.39 is 6.10 Å². The molecule has 1 atom stereocenters. The van der Waals surface area contributed by atoms with Crippen molar-refractivity contribution in [3.8, 4) is 11.5 Å². The maximum Gasteiger partial charge on any atom is 0.261 e. The molecule has 1 N–H and O–H groups in total. The van der Waals surface area contributed by atoms with E-state index in [-0.39, 0.29) is 5.91 Å². The van der Waals surface area contributed by atoms with Crippen molar-refractivity contribution in [1.82, 2.24) is 5.32 Å². The number of hydrogen-bond acceptors (Lipinski definition) is 3. The summed E-state index contributed by atoms with van der Waals surface area (Å²) in [5.74, 6) is 1.41. The van der Waals surface area contributed by atoms with Gasteiger partial charge in [-0.05, 0) is 29.3 Å². The van der Waals surface area contributed by atoms with Crippen LogP contribution in [0.4, 0.5) is 0 Å². The molecule has 0 saturated heterocycles. The molecule has 4 nitrogen and oxygen atoms in total. The van der Waals surface area contributed by atoms with E-state index in [1.54, 1.807) is 0 Å². The molecule has 152 valence electrons. The molecule has 0 aliphatic rings. The Hall–Kier alpha value is -3.53. The second kappa shape index (κ2) is 9.31. The van der Waals surface area contributed by atoms with Crippen molar-refractivity contribution in [3.05, 3.63) is 84.9 Å². The van der Waals surface area contributed by atoms with Crippen molar-refractivity contribution in [2.75, 3.05) is 13.2 Å². The van der Waals surface area contributed by atoms with Gasteiger partial charge in [-0.25, -0.2) is 0 Å². The van der Waals surface area contributed by atoms with Gasteiger partial charge in [0.1, 0.15) is 18.1 Å². The summed E-state index contributed by atoms with van der Waals surface area (Å²) in [6, 6.07) is 28.0. The van der Waals surface area contributed by atoms with E-state index in [9.17, 15) is 4.79 Å². The van der Waals surface area contributed by atoms with Crippen LogP contribution < -0.4 is 14.8 Å². The van der Waals surface area contributed by atoms with Gasteiger partial charge >= 0.3 is 0 Å². The zero-order chi connectivity index (χ0) is 20.8. The van der Waals surface area contributed by atoms with Gasteiger partial charge < -0.3 is 14.8 Å². The molecule has 0 radical (unpaired) electrons. The molecule has 0 aliphatic heterocycles. The van der Waals surface area contributed by atoms with Gasteiger partial charge in [0.25, 0.3) is 5.91 Å². The molecule has 0 spiro atoms. The van der Waals surface area contributed by atoms with Gasteiger partial charge in [0.15, 0.2) is 6.10 Å². The second-order valence-corrected chi connectivity index (χ2v) is 7.11. The Morgan fingerprint density at radius 3 is 2.03 bits per heavy atom. The van der Waals surface area contributed by atoms with Gasteiger partial charge in [-0.15, -0.1) is 0 Å². The average Bonchev–Trinajstić information content (AvgIpc) is 2.80. The van der Waals surface area contributed by atoms with E-state index in [4.69, 9.17) is 9.47 Å².